The highest BCUT2D eigenvalue weighted by Gasteiger charge is 2.30. The summed E-state index contributed by atoms with van der Waals surface area (Å²) >= 11 is 2.72. The molecule has 0 saturated heterocycles. The standard InChI is InChI=1S/C15H13F3N4OS2/c1-9-13(25-14-19-8-20-22(9)14)12(21-23)7-24-6-10-3-2-4-11(5-10)15(16,17)18/h2-5,8,23H,6-7H2,1H3/b21-12+. The minimum absolute atomic E-state index is 0.358. The second-order valence-corrected chi connectivity index (χ2v) is 7.17. The lowest BCUT2D eigenvalue weighted by molar-refractivity contribution is -0.137. The van der Waals surface area contributed by atoms with Gasteiger partial charge in [0.2, 0.25) is 4.96 Å². The van der Waals surface area contributed by atoms with Crippen molar-refractivity contribution < 1.29 is 18.4 Å². The summed E-state index contributed by atoms with van der Waals surface area (Å²) in [5, 5.41) is 16.7. The Hall–Kier alpha value is -2.07. The fraction of sp³-hybridized carbons (Fsp3) is 0.267. The number of rotatable bonds is 5. The molecule has 0 fully saturated rings. The van der Waals surface area contributed by atoms with Gasteiger partial charge in [-0.2, -0.15) is 30.0 Å². The Balaban J connectivity index is 1.68. The Kier molecular flexibility index (Phi) is 5.00. The van der Waals surface area contributed by atoms with Crippen LogP contribution in [0.3, 0.4) is 0 Å². The van der Waals surface area contributed by atoms with E-state index in [2.05, 4.69) is 15.2 Å². The lowest BCUT2D eigenvalue weighted by atomic mass is 10.1. The van der Waals surface area contributed by atoms with E-state index in [0.29, 0.717) is 27.7 Å². The molecule has 0 aliphatic rings. The number of aryl methyl sites for hydroxylation is 1. The monoisotopic (exact) mass is 386 g/mol. The van der Waals surface area contributed by atoms with Crippen LogP contribution < -0.4 is 0 Å². The molecule has 0 unspecified atom stereocenters. The molecule has 0 saturated carbocycles. The molecular weight excluding hydrogens is 373 g/mol. The van der Waals surface area contributed by atoms with E-state index in [-0.39, 0.29) is 0 Å². The molecule has 3 rings (SSSR count). The lowest BCUT2D eigenvalue weighted by Gasteiger charge is -2.09. The van der Waals surface area contributed by atoms with Gasteiger partial charge in [-0.05, 0) is 18.6 Å². The molecule has 0 radical (unpaired) electrons. The van der Waals surface area contributed by atoms with Crippen molar-refractivity contribution in [1.29, 1.82) is 0 Å². The molecule has 0 atom stereocenters. The third kappa shape index (κ3) is 3.79. The zero-order valence-corrected chi connectivity index (χ0v) is 14.6. The molecule has 0 amide bonds. The highest BCUT2D eigenvalue weighted by Crippen LogP contribution is 2.30. The van der Waals surface area contributed by atoms with Crippen molar-refractivity contribution in [1.82, 2.24) is 14.6 Å². The smallest absolute Gasteiger partial charge is 0.411 e. The van der Waals surface area contributed by atoms with Gasteiger partial charge >= 0.3 is 6.18 Å². The van der Waals surface area contributed by atoms with Gasteiger partial charge in [0.05, 0.1) is 16.1 Å². The van der Waals surface area contributed by atoms with Crippen LogP contribution in [0, 0.1) is 6.92 Å². The summed E-state index contributed by atoms with van der Waals surface area (Å²) in [5.74, 6) is 0.736. The Morgan fingerprint density at radius 3 is 2.88 bits per heavy atom. The number of halogens is 3. The molecule has 10 heteroatoms. The van der Waals surface area contributed by atoms with E-state index >= 15 is 0 Å². The largest absolute Gasteiger partial charge is 0.416 e. The zero-order valence-electron chi connectivity index (χ0n) is 13.0. The van der Waals surface area contributed by atoms with Crippen LogP contribution in [0.4, 0.5) is 13.2 Å². The molecule has 132 valence electrons. The minimum Gasteiger partial charge on any atom is -0.411 e. The van der Waals surface area contributed by atoms with Crippen molar-refractivity contribution >= 4 is 33.8 Å². The number of aromatic nitrogens is 3. The van der Waals surface area contributed by atoms with Gasteiger partial charge in [0.15, 0.2) is 0 Å². The number of alkyl halides is 3. The van der Waals surface area contributed by atoms with Crippen LogP contribution in [0.25, 0.3) is 4.96 Å². The molecule has 3 aromatic rings. The van der Waals surface area contributed by atoms with Crippen molar-refractivity contribution in [3.63, 3.8) is 0 Å². The molecule has 2 heterocycles. The first-order valence-electron chi connectivity index (χ1n) is 7.14. The summed E-state index contributed by atoms with van der Waals surface area (Å²) in [5.41, 5.74) is 1.16. The van der Waals surface area contributed by atoms with E-state index in [1.54, 1.807) is 10.6 Å². The van der Waals surface area contributed by atoms with Crippen molar-refractivity contribution in [2.24, 2.45) is 5.16 Å². The van der Waals surface area contributed by atoms with Gasteiger partial charge in [-0.25, -0.2) is 9.50 Å². The van der Waals surface area contributed by atoms with Crippen molar-refractivity contribution in [3.8, 4) is 0 Å². The molecule has 25 heavy (non-hydrogen) atoms. The van der Waals surface area contributed by atoms with Gasteiger partial charge in [0, 0.05) is 11.5 Å². The molecule has 1 aromatic carbocycles. The molecule has 5 nitrogen and oxygen atoms in total. The lowest BCUT2D eigenvalue weighted by Crippen LogP contribution is -2.06. The average Bonchev–Trinajstić information content (AvgIpc) is 3.15. The number of benzene rings is 1. The second kappa shape index (κ2) is 7.04. The maximum atomic E-state index is 12.7. The number of fused-ring (bicyclic) bond motifs is 1. The zero-order chi connectivity index (χ0) is 18.0. The first kappa shape index (κ1) is 17.7. The van der Waals surface area contributed by atoms with E-state index in [4.69, 9.17) is 0 Å². The van der Waals surface area contributed by atoms with E-state index in [0.717, 1.165) is 22.7 Å². The van der Waals surface area contributed by atoms with Gasteiger partial charge < -0.3 is 5.21 Å². The summed E-state index contributed by atoms with van der Waals surface area (Å²) in [6.07, 6.45) is -2.91. The third-order valence-electron chi connectivity index (χ3n) is 3.50. The quantitative estimate of drug-likeness (QED) is 0.405. The van der Waals surface area contributed by atoms with Crippen LogP contribution in [-0.4, -0.2) is 31.3 Å². The van der Waals surface area contributed by atoms with E-state index in [1.807, 2.05) is 6.92 Å². The summed E-state index contributed by atoms with van der Waals surface area (Å²) in [4.78, 5) is 5.55. The molecule has 2 aromatic heterocycles. The predicted octanol–water partition coefficient (Wildman–Crippen LogP) is 4.23. The Labute approximate surface area is 149 Å². The van der Waals surface area contributed by atoms with Gasteiger partial charge in [0.25, 0.3) is 0 Å². The molecule has 0 aliphatic heterocycles. The van der Waals surface area contributed by atoms with Gasteiger partial charge in [-0.15, -0.1) is 0 Å². The van der Waals surface area contributed by atoms with Crippen LogP contribution in [0.1, 0.15) is 21.7 Å². The highest BCUT2D eigenvalue weighted by molar-refractivity contribution is 7.99. The summed E-state index contributed by atoms with van der Waals surface area (Å²) < 4.78 is 39.9. The normalized spacial score (nSPS) is 12.9. The van der Waals surface area contributed by atoms with Gasteiger partial charge in [0.1, 0.15) is 12.0 Å². The molecule has 0 spiro atoms. The molecule has 0 bridgehead atoms. The topological polar surface area (TPSA) is 62.8 Å². The summed E-state index contributed by atoms with van der Waals surface area (Å²) in [6.45, 7) is 1.84. The van der Waals surface area contributed by atoms with E-state index in [9.17, 15) is 18.4 Å². The van der Waals surface area contributed by atoms with E-state index < -0.39 is 11.7 Å². The van der Waals surface area contributed by atoms with E-state index in [1.165, 1.54) is 35.5 Å². The maximum absolute atomic E-state index is 12.7. The van der Waals surface area contributed by atoms with Crippen molar-refractivity contribution in [2.45, 2.75) is 18.9 Å². The number of nitrogens with zero attached hydrogens (tertiary/aromatic N) is 4. The number of hydrogen-bond acceptors (Lipinski definition) is 6. The SMILES string of the molecule is Cc1c(/C(CSCc2cccc(C(F)(F)F)c2)=N/O)sc2ncnn12. The van der Waals surface area contributed by atoms with Crippen LogP contribution >= 0.6 is 23.1 Å². The average molecular weight is 386 g/mol. The Bertz CT molecular complexity index is 917. The van der Waals surface area contributed by atoms with Gasteiger partial charge in [-0.1, -0.05) is 34.7 Å². The predicted molar refractivity (Wildman–Crippen MR) is 91.5 cm³/mol. The number of thioether (sulfide) groups is 1. The van der Waals surface area contributed by atoms with Crippen molar-refractivity contribution in [2.75, 3.05) is 5.75 Å². The number of hydrogen-bond donors (Lipinski definition) is 1. The van der Waals surface area contributed by atoms with Crippen molar-refractivity contribution in [3.05, 3.63) is 52.3 Å². The Morgan fingerprint density at radius 1 is 1.40 bits per heavy atom. The minimum atomic E-state index is -4.35. The summed E-state index contributed by atoms with van der Waals surface area (Å²) in [7, 11) is 0. The first-order valence-corrected chi connectivity index (χ1v) is 9.11. The Morgan fingerprint density at radius 2 is 2.20 bits per heavy atom. The maximum Gasteiger partial charge on any atom is 0.416 e. The number of oxime groups is 1. The van der Waals surface area contributed by atoms with Crippen LogP contribution in [-0.2, 0) is 11.9 Å². The fourth-order valence-electron chi connectivity index (χ4n) is 2.30. The van der Waals surface area contributed by atoms with Crippen LogP contribution in [0.15, 0.2) is 35.7 Å². The number of thiazole rings is 1. The molecular formula is C15H13F3N4OS2. The fourth-order valence-corrected chi connectivity index (χ4v) is 4.32. The summed E-state index contributed by atoms with van der Waals surface area (Å²) in [6, 6.07) is 5.22. The third-order valence-corrected chi connectivity index (χ3v) is 5.71. The molecule has 0 aliphatic carbocycles. The second-order valence-electron chi connectivity index (χ2n) is 5.21. The first-order chi connectivity index (χ1) is 11.9. The van der Waals surface area contributed by atoms with Crippen LogP contribution in [0.5, 0.6) is 0 Å². The van der Waals surface area contributed by atoms with Crippen LogP contribution in [0.2, 0.25) is 0 Å². The highest BCUT2D eigenvalue weighted by atomic mass is 32.2. The molecule has 1 N–H and O–H groups in total. The van der Waals surface area contributed by atoms with Gasteiger partial charge in [-0.3, -0.25) is 0 Å².